The van der Waals surface area contributed by atoms with Crippen LogP contribution >= 0.6 is 0 Å². The van der Waals surface area contributed by atoms with Crippen LogP contribution in [0.15, 0.2) is 42.5 Å². The van der Waals surface area contributed by atoms with E-state index in [0.29, 0.717) is 32.5 Å². The second-order valence-corrected chi connectivity index (χ2v) is 9.81. The summed E-state index contributed by atoms with van der Waals surface area (Å²) in [6, 6.07) is 14.5. The van der Waals surface area contributed by atoms with Gasteiger partial charge in [-0.05, 0) is 49.3 Å². The van der Waals surface area contributed by atoms with Crippen LogP contribution in [-0.2, 0) is 33.8 Å². The van der Waals surface area contributed by atoms with E-state index in [1.54, 1.807) is 12.0 Å². The van der Waals surface area contributed by atoms with E-state index in [9.17, 15) is 14.7 Å². The Labute approximate surface area is 210 Å². The highest BCUT2D eigenvalue weighted by molar-refractivity contribution is 5.82. The van der Waals surface area contributed by atoms with E-state index in [0.717, 1.165) is 47.2 Å². The lowest BCUT2D eigenvalue weighted by molar-refractivity contribution is -0.142. The number of carbonyl (C=O) groups is 2. The van der Waals surface area contributed by atoms with Crippen LogP contribution < -0.4 is 0 Å². The Hall–Kier alpha value is -3.39. The van der Waals surface area contributed by atoms with Gasteiger partial charge in [-0.25, -0.2) is 9.78 Å². The van der Waals surface area contributed by atoms with Crippen LogP contribution in [0.2, 0.25) is 0 Å². The number of nitrogens with zero attached hydrogens (tertiary/aromatic N) is 3. The summed E-state index contributed by atoms with van der Waals surface area (Å²) in [5, 5.41) is 9.48. The van der Waals surface area contributed by atoms with Crippen molar-refractivity contribution in [1.82, 2.24) is 14.5 Å². The van der Waals surface area contributed by atoms with Gasteiger partial charge in [-0.3, -0.25) is 4.79 Å². The van der Waals surface area contributed by atoms with Crippen molar-refractivity contribution < 1.29 is 24.2 Å². The minimum Gasteiger partial charge on any atom is -0.481 e. The molecule has 1 aromatic heterocycles. The van der Waals surface area contributed by atoms with Gasteiger partial charge in [-0.1, -0.05) is 36.4 Å². The zero-order chi connectivity index (χ0) is 25.2. The number of carbonyl (C=O) groups excluding carboxylic acids is 1. The highest BCUT2D eigenvalue weighted by atomic mass is 16.5. The maximum atomic E-state index is 12.3. The minimum atomic E-state index is -0.706. The number of carboxylic acids is 1. The van der Waals surface area contributed by atoms with Crippen LogP contribution in [0.5, 0.6) is 0 Å². The zero-order valence-electron chi connectivity index (χ0n) is 20.9. The van der Waals surface area contributed by atoms with Gasteiger partial charge in [0.2, 0.25) is 0 Å². The fourth-order valence-corrected chi connectivity index (χ4v) is 5.78. The monoisotopic (exact) mass is 491 g/mol. The summed E-state index contributed by atoms with van der Waals surface area (Å²) in [5.41, 5.74) is 5.31. The van der Waals surface area contributed by atoms with Gasteiger partial charge >= 0.3 is 12.1 Å². The fraction of sp³-hybridized carbons (Fsp3) is 0.464. The van der Waals surface area contributed by atoms with E-state index in [-0.39, 0.29) is 24.0 Å². The van der Waals surface area contributed by atoms with Crippen molar-refractivity contribution in [2.45, 2.75) is 57.2 Å². The van der Waals surface area contributed by atoms with Gasteiger partial charge in [-0.15, -0.1) is 0 Å². The van der Waals surface area contributed by atoms with Crippen molar-refractivity contribution in [2.75, 3.05) is 20.8 Å². The molecule has 8 heteroatoms. The highest BCUT2D eigenvalue weighted by Crippen LogP contribution is 2.39. The van der Waals surface area contributed by atoms with Crippen LogP contribution in [0.25, 0.3) is 11.0 Å². The average Bonchev–Trinajstić information content (AvgIpc) is 3.30. The number of carboxylic acid groups (broad SMARTS) is 1. The predicted octanol–water partition coefficient (Wildman–Crippen LogP) is 4.91. The van der Waals surface area contributed by atoms with E-state index in [1.807, 2.05) is 18.2 Å². The van der Waals surface area contributed by atoms with Crippen LogP contribution in [0.3, 0.4) is 0 Å². The molecular weight excluding hydrogens is 458 g/mol. The molecule has 1 atom stereocenters. The van der Waals surface area contributed by atoms with Crippen LogP contribution in [-0.4, -0.2) is 52.4 Å². The molecule has 1 aliphatic heterocycles. The first kappa shape index (κ1) is 24.3. The quantitative estimate of drug-likeness (QED) is 0.527. The van der Waals surface area contributed by atoms with Crippen molar-refractivity contribution in [2.24, 2.45) is 5.92 Å². The number of ether oxygens (including phenoxy) is 2. The number of hydrogen-bond donors (Lipinski definition) is 1. The normalized spacial score (nSPS) is 20.7. The van der Waals surface area contributed by atoms with Crippen molar-refractivity contribution in [3.63, 3.8) is 0 Å². The molecule has 8 nitrogen and oxygen atoms in total. The molecule has 0 radical (unpaired) electrons. The van der Waals surface area contributed by atoms with E-state index in [2.05, 4.69) is 28.8 Å². The Morgan fingerprint density at radius 2 is 1.83 bits per heavy atom. The predicted molar refractivity (Wildman–Crippen MR) is 135 cm³/mol. The molecule has 1 fully saturated rings. The first-order valence-corrected chi connectivity index (χ1v) is 12.6. The van der Waals surface area contributed by atoms with Crippen LogP contribution in [0.1, 0.15) is 60.2 Å². The van der Waals surface area contributed by atoms with Crippen molar-refractivity contribution in [3.05, 3.63) is 65.0 Å². The molecular formula is C28H33N3O5. The fourth-order valence-electron chi connectivity index (χ4n) is 5.78. The van der Waals surface area contributed by atoms with Crippen molar-refractivity contribution >= 4 is 23.1 Å². The number of imidazole rings is 1. The summed E-state index contributed by atoms with van der Waals surface area (Å²) in [4.78, 5) is 30.7. The van der Waals surface area contributed by atoms with E-state index >= 15 is 0 Å². The molecule has 0 bridgehead atoms. The first-order chi connectivity index (χ1) is 17.5. The summed E-state index contributed by atoms with van der Waals surface area (Å²) >= 11 is 0. The molecule has 1 amide bonds. The molecule has 1 saturated carbocycles. The highest BCUT2D eigenvalue weighted by Gasteiger charge is 2.32. The maximum Gasteiger partial charge on any atom is 0.409 e. The molecule has 5 rings (SSSR count). The smallest absolute Gasteiger partial charge is 0.409 e. The number of amides is 1. The number of benzene rings is 2. The number of methoxy groups -OCH3 is 2. The van der Waals surface area contributed by atoms with Gasteiger partial charge in [0.1, 0.15) is 11.9 Å². The Balaban J connectivity index is 1.57. The lowest BCUT2D eigenvalue weighted by Crippen LogP contribution is -2.35. The second kappa shape index (κ2) is 10.3. The van der Waals surface area contributed by atoms with Gasteiger partial charge in [0, 0.05) is 25.1 Å². The lowest BCUT2D eigenvalue weighted by Gasteiger charge is -2.28. The number of hydrogen-bond acceptors (Lipinski definition) is 5. The third kappa shape index (κ3) is 4.57. The minimum absolute atomic E-state index is 0.152. The largest absolute Gasteiger partial charge is 0.481 e. The molecule has 0 unspecified atom stereocenters. The van der Waals surface area contributed by atoms with Crippen molar-refractivity contribution in [3.8, 4) is 0 Å². The Morgan fingerprint density at radius 3 is 2.50 bits per heavy atom. The third-order valence-electron chi connectivity index (χ3n) is 7.83. The Morgan fingerprint density at radius 1 is 1.08 bits per heavy atom. The lowest BCUT2D eigenvalue weighted by atomic mass is 9.81. The van der Waals surface area contributed by atoms with E-state index in [4.69, 9.17) is 14.5 Å². The molecule has 3 aromatic rings. The molecule has 2 heterocycles. The summed E-state index contributed by atoms with van der Waals surface area (Å²) < 4.78 is 13.2. The zero-order valence-corrected chi connectivity index (χ0v) is 20.9. The number of aromatic nitrogens is 2. The molecule has 36 heavy (non-hydrogen) atoms. The Kier molecular flexibility index (Phi) is 6.96. The topological polar surface area (TPSA) is 93.9 Å². The molecule has 0 saturated heterocycles. The molecule has 1 N–H and O–H groups in total. The molecule has 0 spiro atoms. The summed E-state index contributed by atoms with van der Waals surface area (Å²) in [6.45, 7) is 1.69. The standard InChI is InChI=1S/C28H33N3O5/c1-35-24(19-6-4-3-5-7-19)17-31-23-13-12-18-14-15-30(28(34)36-2)16-22(18)25(23)29-26(31)20-8-10-21(11-9-20)27(32)33/h3-7,12-13,20-21,24H,8-11,14-17H2,1-2H3,(H,32,33)/t20?,21?,24-/m1/s1. The summed E-state index contributed by atoms with van der Waals surface area (Å²) in [5.74, 6) is 0.173. The van der Waals surface area contributed by atoms with Crippen LogP contribution in [0.4, 0.5) is 4.79 Å². The molecule has 1 aliphatic carbocycles. The van der Waals surface area contributed by atoms with Crippen LogP contribution in [0, 0.1) is 5.92 Å². The average molecular weight is 492 g/mol. The number of fused-ring (bicyclic) bond motifs is 3. The Bertz CT molecular complexity index is 1250. The van der Waals surface area contributed by atoms with Gasteiger partial charge in [0.25, 0.3) is 0 Å². The van der Waals surface area contributed by atoms with E-state index in [1.165, 1.54) is 12.7 Å². The third-order valence-corrected chi connectivity index (χ3v) is 7.83. The molecule has 2 aliphatic rings. The number of aliphatic carboxylic acids is 1. The summed E-state index contributed by atoms with van der Waals surface area (Å²) in [7, 11) is 3.14. The van der Waals surface area contributed by atoms with Gasteiger partial charge < -0.3 is 24.0 Å². The summed E-state index contributed by atoms with van der Waals surface area (Å²) in [6.07, 6.45) is 3.18. The van der Waals surface area contributed by atoms with Gasteiger partial charge in [-0.2, -0.15) is 0 Å². The van der Waals surface area contributed by atoms with Gasteiger partial charge in [0.15, 0.2) is 0 Å². The van der Waals surface area contributed by atoms with Gasteiger partial charge in [0.05, 0.1) is 37.2 Å². The maximum absolute atomic E-state index is 12.3. The van der Waals surface area contributed by atoms with Crippen molar-refractivity contribution in [1.29, 1.82) is 0 Å². The first-order valence-electron chi connectivity index (χ1n) is 12.6. The van der Waals surface area contributed by atoms with E-state index < -0.39 is 5.97 Å². The molecule has 190 valence electrons. The second-order valence-electron chi connectivity index (χ2n) is 9.81. The number of rotatable bonds is 6. The molecule has 2 aromatic carbocycles. The SMILES string of the molecule is COC(=O)N1CCc2ccc3c(nc(C4CCC(C(=O)O)CC4)n3C[C@@H](OC)c3ccccc3)c2C1.